The quantitative estimate of drug-likeness (QED) is 0.514. The Bertz CT molecular complexity index is 127. The summed E-state index contributed by atoms with van der Waals surface area (Å²) in [7, 11) is 0. The van der Waals surface area contributed by atoms with Gasteiger partial charge in [0.15, 0.2) is 0 Å². The maximum absolute atomic E-state index is 12.7. The summed E-state index contributed by atoms with van der Waals surface area (Å²) in [4.78, 5) is 0. The summed E-state index contributed by atoms with van der Waals surface area (Å²) in [5.41, 5.74) is 5.29. The Balaban J connectivity index is 0.000001000. The Morgan fingerprint density at radius 2 is 2.09 bits per heavy atom. The SMILES string of the molecule is Cl.N[C@@H]1CC(CO)[C@@H](O)[C@@H]1F. The van der Waals surface area contributed by atoms with Gasteiger partial charge in [-0.25, -0.2) is 4.39 Å². The third-order valence-corrected chi connectivity index (χ3v) is 2.03. The van der Waals surface area contributed by atoms with Crippen LogP contribution in [0.3, 0.4) is 0 Å². The zero-order valence-electron chi connectivity index (χ0n) is 5.98. The van der Waals surface area contributed by atoms with Gasteiger partial charge < -0.3 is 15.9 Å². The zero-order valence-corrected chi connectivity index (χ0v) is 6.80. The first-order valence-corrected chi connectivity index (χ1v) is 3.35. The van der Waals surface area contributed by atoms with Gasteiger partial charge in [-0.3, -0.25) is 0 Å². The highest BCUT2D eigenvalue weighted by Gasteiger charge is 2.40. The molecule has 0 aromatic carbocycles. The van der Waals surface area contributed by atoms with E-state index in [1.54, 1.807) is 0 Å². The Hall–Kier alpha value is 0.1000. The highest BCUT2D eigenvalue weighted by molar-refractivity contribution is 5.85. The zero-order chi connectivity index (χ0) is 7.72. The molecule has 0 aromatic heterocycles. The van der Waals surface area contributed by atoms with Crippen molar-refractivity contribution in [2.24, 2.45) is 11.7 Å². The number of alkyl halides is 1. The van der Waals surface area contributed by atoms with Gasteiger partial charge in [-0.2, -0.15) is 0 Å². The molecule has 3 nitrogen and oxygen atoms in total. The molecule has 1 rings (SSSR count). The molecule has 5 heteroatoms. The van der Waals surface area contributed by atoms with E-state index >= 15 is 0 Å². The molecule has 0 amide bonds. The minimum Gasteiger partial charge on any atom is -0.396 e. The van der Waals surface area contributed by atoms with Gasteiger partial charge in [0.25, 0.3) is 0 Å². The van der Waals surface area contributed by atoms with E-state index < -0.39 is 18.3 Å². The lowest BCUT2D eigenvalue weighted by atomic mass is 10.1. The van der Waals surface area contributed by atoms with E-state index in [-0.39, 0.29) is 24.9 Å². The van der Waals surface area contributed by atoms with Gasteiger partial charge in [-0.15, -0.1) is 12.4 Å². The predicted octanol–water partition coefficient (Wildman–Crippen LogP) is -0.553. The van der Waals surface area contributed by atoms with E-state index in [2.05, 4.69) is 0 Å². The molecule has 11 heavy (non-hydrogen) atoms. The van der Waals surface area contributed by atoms with Crippen molar-refractivity contribution in [1.82, 2.24) is 0 Å². The summed E-state index contributed by atoms with van der Waals surface area (Å²) < 4.78 is 12.7. The predicted molar refractivity (Wildman–Crippen MR) is 41.3 cm³/mol. The topological polar surface area (TPSA) is 66.5 Å². The van der Waals surface area contributed by atoms with E-state index in [9.17, 15) is 4.39 Å². The third kappa shape index (κ3) is 2.02. The van der Waals surface area contributed by atoms with Gasteiger partial charge in [-0.05, 0) is 6.42 Å². The minimum absolute atomic E-state index is 0. The molecule has 4 N–H and O–H groups in total. The van der Waals surface area contributed by atoms with E-state index in [0.717, 1.165) is 0 Å². The summed E-state index contributed by atoms with van der Waals surface area (Å²) >= 11 is 0. The van der Waals surface area contributed by atoms with Crippen LogP contribution in [0.1, 0.15) is 6.42 Å². The van der Waals surface area contributed by atoms with Crippen molar-refractivity contribution in [2.75, 3.05) is 6.61 Å². The van der Waals surface area contributed by atoms with E-state index in [0.29, 0.717) is 6.42 Å². The van der Waals surface area contributed by atoms with Crippen molar-refractivity contribution < 1.29 is 14.6 Å². The van der Waals surface area contributed by atoms with Crippen LogP contribution in [0.5, 0.6) is 0 Å². The molecule has 1 saturated carbocycles. The highest BCUT2D eigenvalue weighted by atomic mass is 35.5. The van der Waals surface area contributed by atoms with E-state index in [1.165, 1.54) is 0 Å². The van der Waals surface area contributed by atoms with Gasteiger partial charge >= 0.3 is 0 Å². The van der Waals surface area contributed by atoms with Crippen molar-refractivity contribution in [3.05, 3.63) is 0 Å². The first kappa shape index (κ1) is 11.1. The van der Waals surface area contributed by atoms with Crippen LogP contribution in [-0.4, -0.2) is 35.1 Å². The molecule has 1 aliphatic carbocycles. The molecule has 0 radical (unpaired) electrons. The van der Waals surface area contributed by atoms with Crippen molar-refractivity contribution in [3.8, 4) is 0 Å². The summed E-state index contributed by atoms with van der Waals surface area (Å²) in [5.74, 6) is -0.370. The molecular formula is C6H13ClFNO2. The van der Waals surface area contributed by atoms with Crippen LogP contribution < -0.4 is 5.73 Å². The Kier molecular flexibility index (Phi) is 4.25. The fourth-order valence-electron chi connectivity index (χ4n) is 1.31. The molecule has 1 aliphatic rings. The largest absolute Gasteiger partial charge is 0.396 e. The average molecular weight is 186 g/mol. The lowest BCUT2D eigenvalue weighted by molar-refractivity contribution is 0.0436. The number of rotatable bonds is 1. The minimum atomic E-state index is -1.36. The molecule has 0 aliphatic heterocycles. The lowest BCUT2D eigenvalue weighted by Gasteiger charge is -2.11. The molecule has 0 saturated heterocycles. The second kappa shape index (κ2) is 4.21. The summed E-state index contributed by atoms with van der Waals surface area (Å²) in [6.45, 7) is -0.185. The van der Waals surface area contributed by atoms with Crippen molar-refractivity contribution >= 4 is 12.4 Å². The molecule has 68 valence electrons. The highest BCUT2D eigenvalue weighted by Crippen LogP contribution is 2.26. The van der Waals surface area contributed by atoms with Gasteiger partial charge in [0.1, 0.15) is 6.17 Å². The number of hydrogen-bond acceptors (Lipinski definition) is 3. The molecule has 4 atom stereocenters. The number of aliphatic hydroxyl groups excluding tert-OH is 2. The normalized spacial score (nSPS) is 43.6. The molecular weight excluding hydrogens is 173 g/mol. The van der Waals surface area contributed by atoms with Crippen molar-refractivity contribution in [3.63, 3.8) is 0 Å². The first-order valence-electron chi connectivity index (χ1n) is 3.35. The van der Waals surface area contributed by atoms with Gasteiger partial charge in [0.05, 0.1) is 6.10 Å². The van der Waals surface area contributed by atoms with Crippen LogP contribution in [-0.2, 0) is 0 Å². The Labute approximate surface area is 70.8 Å². The molecule has 1 unspecified atom stereocenters. The molecule has 0 heterocycles. The number of nitrogens with two attached hydrogens (primary N) is 1. The fraction of sp³-hybridized carbons (Fsp3) is 1.00. The van der Waals surface area contributed by atoms with Crippen molar-refractivity contribution in [2.45, 2.75) is 24.7 Å². The van der Waals surface area contributed by atoms with Crippen LogP contribution >= 0.6 is 12.4 Å². The lowest BCUT2D eigenvalue weighted by Crippen LogP contribution is -2.32. The number of aliphatic hydroxyl groups is 2. The average Bonchev–Trinajstić information content (AvgIpc) is 2.17. The van der Waals surface area contributed by atoms with Gasteiger partial charge in [-0.1, -0.05) is 0 Å². The molecule has 0 aromatic rings. The number of hydrogen-bond donors (Lipinski definition) is 3. The van der Waals surface area contributed by atoms with E-state index in [1.807, 2.05) is 0 Å². The van der Waals surface area contributed by atoms with Gasteiger partial charge in [0.2, 0.25) is 0 Å². The standard InChI is InChI=1S/C6H12FNO2.ClH/c7-5-4(8)1-3(2-9)6(5)10;/h3-6,9-10H,1-2,8H2;1H/t3?,4-,5-,6-;/m1./s1. The van der Waals surface area contributed by atoms with Crippen LogP contribution in [0, 0.1) is 5.92 Å². The Morgan fingerprint density at radius 1 is 1.55 bits per heavy atom. The maximum atomic E-state index is 12.7. The fourth-order valence-corrected chi connectivity index (χ4v) is 1.31. The van der Waals surface area contributed by atoms with Crippen molar-refractivity contribution in [1.29, 1.82) is 0 Å². The monoisotopic (exact) mass is 185 g/mol. The smallest absolute Gasteiger partial charge is 0.141 e. The molecule has 1 fully saturated rings. The van der Waals surface area contributed by atoms with Gasteiger partial charge in [0, 0.05) is 18.6 Å². The van der Waals surface area contributed by atoms with Crippen LogP contribution in [0.2, 0.25) is 0 Å². The van der Waals surface area contributed by atoms with E-state index in [4.69, 9.17) is 15.9 Å². The van der Waals surface area contributed by atoms with Crippen LogP contribution in [0.4, 0.5) is 4.39 Å². The molecule has 0 bridgehead atoms. The van der Waals surface area contributed by atoms with Crippen LogP contribution in [0.25, 0.3) is 0 Å². The summed E-state index contributed by atoms with van der Waals surface area (Å²) in [6, 6.07) is -0.604. The second-order valence-electron chi connectivity index (χ2n) is 2.78. The summed E-state index contributed by atoms with van der Waals surface area (Å²) in [6.07, 6.45) is -2.06. The van der Waals surface area contributed by atoms with Crippen LogP contribution in [0.15, 0.2) is 0 Å². The third-order valence-electron chi connectivity index (χ3n) is 2.03. The Morgan fingerprint density at radius 3 is 2.27 bits per heavy atom. The maximum Gasteiger partial charge on any atom is 0.141 e. The second-order valence-corrected chi connectivity index (χ2v) is 2.78. The molecule has 0 spiro atoms. The first-order chi connectivity index (χ1) is 4.66. The number of halogens is 2. The summed E-state index contributed by atoms with van der Waals surface area (Å²) in [5, 5.41) is 17.6.